The largest absolute Gasteiger partial charge is 0.389 e. The lowest BCUT2D eigenvalue weighted by molar-refractivity contribution is -0.125. The summed E-state index contributed by atoms with van der Waals surface area (Å²) < 4.78 is 32.2. The number of halogens is 3. The highest BCUT2D eigenvalue weighted by molar-refractivity contribution is 4.48. The molecule has 0 unspecified atom stereocenters. The maximum atomic E-state index is 10.7. The minimum Gasteiger partial charge on any atom is -0.171 e. The van der Waals surface area contributed by atoms with E-state index in [-0.39, 0.29) is 0 Å². The van der Waals surface area contributed by atoms with Gasteiger partial charge in [-0.2, -0.15) is 13.2 Å². The zero-order valence-corrected chi connectivity index (χ0v) is 3.05. The van der Waals surface area contributed by atoms with Gasteiger partial charge in [-0.25, -0.2) is 0 Å². The molecule has 0 aliphatic rings. The van der Waals surface area contributed by atoms with Crippen molar-refractivity contribution in [3.8, 4) is 0 Å². The van der Waals surface area contributed by atoms with Crippen LogP contribution in [0.5, 0.6) is 0 Å². The Kier molecular flexibility index (Phi) is 1.44. The van der Waals surface area contributed by atoms with Crippen LogP contribution in [0, 0.1) is 6.92 Å². The lowest BCUT2D eigenvalue weighted by Crippen LogP contribution is -2.02. The Morgan fingerprint density at radius 3 is 1.50 bits per heavy atom. The van der Waals surface area contributed by atoms with E-state index in [1.807, 2.05) is 0 Å². The van der Waals surface area contributed by atoms with Gasteiger partial charge in [0.05, 0.1) is 0 Å². The van der Waals surface area contributed by atoms with Crippen LogP contribution >= 0.6 is 0 Å². The molecule has 0 amide bonds. The van der Waals surface area contributed by atoms with Gasteiger partial charge in [0, 0.05) is 6.42 Å². The molecule has 1 radical (unpaired) electrons. The Hall–Kier alpha value is -0.210. The van der Waals surface area contributed by atoms with Crippen LogP contribution in [-0.4, -0.2) is 6.18 Å². The third-order valence-electron chi connectivity index (χ3n) is 0.283. The summed E-state index contributed by atoms with van der Waals surface area (Å²) in [6.45, 7) is 2.63. The quantitative estimate of drug-likeness (QED) is 0.432. The maximum Gasteiger partial charge on any atom is 0.389 e. The van der Waals surface area contributed by atoms with Crippen molar-refractivity contribution in [3.05, 3.63) is 6.92 Å². The Bertz CT molecular complexity index is 35.8. The van der Waals surface area contributed by atoms with E-state index in [0.29, 0.717) is 0 Å². The molecule has 0 fully saturated rings. The molecule has 0 heterocycles. The molecular weight excluding hydrogens is 93.0 g/mol. The van der Waals surface area contributed by atoms with Crippen LogP contribution in [-0.2, 0) is 0 Å². The molecule has 0 spiro atoms. The molecule has 0 N–H and O–H groups in total. The van der Waals surface area contributed by atoms with Crippen LogP contribution in [0.4, 0.5) is 13.2 Å². The summed E-state index contributed by atoms with van der Waals surface area (Å²) in [7, 11) is 0. The van der Waals surface area contributed by atoms with Crippen molar-refractivity contribution < 1.29 is 13.2 Å². The van der Waals surface area contributed by atoms with Gasteiger partial charge in [0.15, 0.2) is 0 Å². The van der Waals surface area contributed by atoms with E-state index in [1.165, 1.54) is 0 Å². The van der Waals surface area contributed by atoms with Crippen molar-refractivity contribution in [1.82, 2.24) is 0 Å². The smallest absolute Gasteiger partial charge is 0.171 e. The summed E-state index contributed by atoms with van der Waals surface area (Å²) in [5.74, 6) is 0. The van der Waals surface area contributed by atoms with E-state index in [4.69, 9.17) is 0 Å². The first-order valence-corrected chi connectivity index (χ1v) is 1.42. The molecular formula is C3H4F3. The lowest BCUT2D eigenvalue weighted by Gasteiger charge is -1.96. The SMILES string of the molecule is [CH2]CC(F)(F)F. The molecule has 0 nitrogen and oxygen atoms in total. The lowest BCUT2D eigenvalue weighted by atomic mass is 10.5. The average molecular weight is 97.1 g/mol. The van der Waals surface area contributed by atoms with E-state index < -0.39 is 12.6 Å². The predicted octanol–water partition coefficient (Wildman–Crippen LogP) is 1.77. The first-order valence-electron chi connectivity index (χ1n) is 1.42. The third kappa shape index (κ3) is 3.79. The second-order valence-electron chi connectivity index (χ2n) is 0.865. The molecule has 0 atom stereocenters. The van der Waals surface area contributed by atoms with E-state index >= 15 is 0 Å². The minimum atomic E-state index is -4.07. The maximum absolute atomic E-state index is 10.7. The minimum absolute atomic E-state index is 0.979. The normalized spacial score (nSPS) is 12.0. The number of hydrogen-bond donors (Lipinski definition) is 0. The molecule has 0 bridgehead atoms. The fraction of sp³-hybridized carbons (Fsp3) is 0.667. The second kappa shape index (κ2) is 1.49. The monoisotopic (exact) mass is 97.0 g/mol. The fourth-order valence-electron chi connectivity index (χ4n) is 0. The Labute approximate surface area is 34.0 Å². The summed E-state index contributed by atoms with van der Waals surface area (Å²) >= 11 is 0. The zero-order valence-electron chi connectivity index (χ0n) is 3.05. The first-order chi connectivity index (χ1) is 2.56. The molecule has 0 saturated heterocycles. The average Bonchev–Trinajstić information content (AvgIpc) is 1.35. The highest BCUT2D eigenvalue weighted by Gasteiger charge is 2.22. The van der Waals surface area contributed by atoms with Gasteiger partial charge in [0.25, 0.3) is 0 Å². The van der Waals surface area contributed by atoms with Crippen LogP contribution in [0.1, 0.15) is 6.42 Å². The summed E-state index contributed by atoms with van der Waals surface area (Å²) in [6.07, 6.45) is -5.05. The molecule has 0 saturated carbocycles. The van der Waals surface area contributed by atoms with Crippen LogP contribution in [0.2, 0.25) is 0 Å². The van der Waals surface area contributed by atoms with Crippen LogP contribution in [0.3, 0.4) is 0 Å². The van der Waals surface area contributed by atoms with E-state index in [1.54, 1.807) is 0 Å². The summed E-state index contributed by atoms with van der Waals surface area (Å²) in [6, 6.07) is 0. The Morgan fingerprint density at radius 1 is 1.33 bits per heavy atom. The van der Waals surface area contributed by atoms with Gasteiger partial charge in [-0.3, -0.25) is 0 Å². The van der Waals surface area contributed by atoms with Crippen molar-refractivity contribution in [3.63, 3.8) is 0 Å². The van der Waals surface area contributed by atoms with Gasteiger partial charge in [-0.1, -0.05) is 0 Å². The van der Waals surface area contributed by atoms with Crippen LogP contribution in [0.25, 0.3) is 0 Å². The van der Waals surface area contributed by atoms with Crippen molar-refractivity contribution in [2.75, 3.05) is 0 Å². The third-order valence-corrected chi connectivity index (χ3v) is 0.283. The molecule has 0 aliphatic carbocycles. The number of rotatable bonds is 0. The van der Waals surface area contributed by atoms with Gasteiger partial charge < -0.3 is 0 Å². The molecule has 0 aromatic rings. The number of alkyl halides is 3. The van der Waals surface area contributed by atoms with E-state index in [0.717, 1.165) is 0 Å². The van der Waals surface area contributed by atoms with Gasteiger partial charge >= 0.3 is 6.18 Å². The van der Waals surface area contributed by atoms with Gasteiger partial charge in [0.2, 0.25) is 0 Å². The number of hydrogen-bond acceptors (Lipinski definition) is 0. The van der Waals surface area contributed by atoms with Crippen molar-refractivity contribution in [1.29, 1.82) is 0 Å². The molecule has 37 valence electrons. The summed E-state index contributed by atoms with van der Waals surface area (Å²) in [4.78, 5) is 0. The molecule has 0 aromatic carbocycles. The highest BCUT2D eigenvalue weighted by atomic mass is 19.4. The van der Waals surface area contributed by atoms with Crippen molar-refractivity contribution in [2.45, 2.75) is 12.6 Å². The topological polar surface area (TPSA) is 0 Å². The molecule has 0 aliphatic heterocycles. The molecule has 0 rings (SSSR count). The van der Waals surface area contributed by atoms with Crippen molar-refractivity contribution >= 4 is 0 Å². The zero-order chi connectivity index (χ0) is 5.21. The standard InChI is InChI=1S/C3H4F3/c1-2-3(4,5)6/h1-2H2. The fourth-order valence-corrected chi connectivity index (χ4v) is 0. The second-order valence-corrected chi connectivity index (χ2v) is 0.865. The van der Waals surface area contributed by atoms with Crippen LogP contribution in [0.15, 0.2) is 0 Å². The van der Waals surface area contributed by atoms with Gasteiger partial charge in [-0.05, 0) is 6.92 Å². The summed E-state index contributed by atoms with van der Waals surface area (Å²) in [5, 5.41) is 0. The van der Waals surface area contributed by atoms with Crippen molar-refractivity contribution in [2.24, 2.45) is 0 Å². The van der Waals surface area contributed by atoms with Gasteiger partial charge in [0.1, 0.15) is 0 Å². The van der Waals surface area contributed by atoms with E-state index in [9.17, 15) is 13.2 Å². The molecule has 0 aromatic heterocycles. The highest BCUT2D eigenvalue weighted by Crippen LogP contribution is 2.17. The first kappa shape index (κ1) is 5.79. The van der Waals surface area contributed by atoms with E-state index in [2.05, 4.69) is 6.92 Å². The predicted molar refractivity (Wildman–Crippen MR) is 16.0 cm³/mol. The van der Waals surface area contributed by atoms with Crippen LogP contribution < -0.4 is 0 Å². The Morgan fingerprint density at radius 2 is 1.50 bits per heavy atom. The molecule has 6 heavy (non-hydrogen) atoms. The Balaban J connectivity index is 3.17. The summed E-state index contributed by atoms with van der Waals surface area (Å²) in [5.41, 5.74) is 0. The molecule has 3 heteroatoms. The van der Waals surface area contributed by atoms with Gasteiger partial charge in [-0.15, -0.1) is 0 Å².